The lowest BCUT2D eigenvalue weighted by Crippen LogP contribution is -2.49. The number of ether oxygens (including phenoxy) is 1. The van der Waals surface area contributed by atoms with Crippen molar-refractivity contribution in [3.63, 3.8) is 0 Å². The summed E-state index contributed by atoms with van der Waals surface area (Å²) in [6, 6.07) is 11.5. The minimum absolute atomic E-state index is 0.000568. The van der Waals surface area contributed by atoms with Crippen molar-refractivity contribution in [3.8, 4) is 0 Å². The predicted octanol–water partition coefficient (Wildman–Crippen LogP) is 2.71. The summed E-state index contributed by atoms with van der Waals surface area (Å²) in [4.78, 5) is 29.2. The van der Waals surface area contributed by atoms with E-state index in [9.17, 15) is 9.59 Å². The van der Waals surface area contributed by atoms with E-state index in [1.807, 2.05) is 47.5 Å². The van der Waals surface area contributed by atoms with Gasteiger partial charge in [0.1, 0.15) is 13.2 Å². The lowest BCUT2D eigenvalue weighted by atomic mass is 9.99. The van der Waals surface area contributed by atoms with Crippen molar-refractivity contribution in [2.24, 2.45) is 0 Å². The van der Waals surface area contributed by atoms with Crippen LogP contribution in [0.4, 0.5) is 0 Å². The molecular formula is C21H24ClN3O3. The van der Waals surface area contributed by atoms with Gasteiger partial charge in [0, 0.05) is 43.2 Å². The SMILES string of the molecule is COCC(=O)N(CC(=O)N1CCn2cccc2C1c1ccccc1Cl)C1CC1. The number of aromatic nitrogens is 1. The maximum absolute atomic E-state index is 13.3. The fourth-order valence-electron chi connectivity index (χ4n) is 3.93. The van der Waals surface area contributed by atoms with Gasteiger partial charge in [-0.15, -0.1) is 0 Å². The molecule has 0 spiro atoms. The zero-order valence-electron chi connectivity index (χ0n) is 15.9. The zero-order valence-corrected chi connectivity index (χ0v) is 16.6. The summed E-state index contributed by atoms with van der Waals surface area (Å²) in [7, 11) is 1.50. The summed E-state index contributed by atoms with van der Waals surface area (Å²) in [6.07, 6.45) is 3.92. The first kappa shape index (κ1) is 19.0. The molecule has 1 aromatic carbocycles. The van der Waals surface area contributed by atoms with Crippen molar-refractivity contribution in [1.82, 2.24) is 14.4 Å². The number of amides is 2. The monoisotopic (exact) mass is 401 g/mol. The molecule has 148 valence electrons. The van der Waals surface area contributed by atoms with Gasteiger partial charge < -0.3 is 19.1 Å². The molecule has 0 bridgehead atoms. The van der Waals surface area contributed by atoms with Gasteiger partial charge in [0.15, 0.2) is 0 Å². The molecule has 2 heterocycles. The first-order valence-corrected chi connectivity index (χ1v) is 9.95. The number of nitrogens with zero attached hydrogens (tertiary/aromatic N) is 3. The zero-order chi connectivity index (χ0) is 19.7. The van der Waals surface area contributed by atoms with E-state index < -0.39 is 0 Å². The third-order valence-corrected chi connectivity index (χ3v) is 5.78. The number of halogens is 1. The highest BCUT2D eigenvalue weighted by Crippen LogP contribution is 2.36. The number of methoxy groups -OCH3 is 1. The van der Waals surface area contributed by atoms with Gasteiger partial charge in [-0.2, -0.15) is 0 Å². The third kappa shape index (κ3) is 3.66. The smallest absolute Gasteiger partial charge is 0.249 e. The highest BCUT2D eigenvalue weighted by Gasteiger charge is 2.38. The van der Waals surface area contributed by atoms with E-state index in [4.69, 9.17) is 16.3 Å². The maximum Gasteiger partial charge on any atom is 0.249 e. The second kappa shape index (κ2) is 7.97. The van der Waals surface area contributed by atoms with Crippen LogP contribution >= 0.6 is 11.6 Å². The Kier molecular flexibility index (Phi) is 5.42. The van der Waals surface area contributed by atoms with E-state index in [1.54, 1.807) is 4.90 Å². The highest BCUT2D eigenvalue weighted by atomic mass is 35.5. The minimum Gasteiger partial charge on any atom is -0.375 e. The molecule has 4 rings (SSSR count). The van der Waals surface area contributed by atoms with E-state index in [0.29, 0.717) is 11.6 Å². The van der Waals surface area contributed by atoms with Crippen LogP contribution in [-0.4, -0.2) is 59.0 Å². The van der Waals surface area contributed by atoms with Crippen molar-refractivity contribution in [2.75, 3.05) is 26.8 Å². The summed E-state index contributed by atoms with van der Waals surface area (Å²) in [5, 5.41) is 0.634. The molecule has 6 nitrogen and oxygen atoms in total. The Morgan fingerprint density at radius 2 is 1.96 bits per heavy atom. The molecule has 2 aromatic rings. The molecule has 2 amide bonds. The summed E-state index contributed by atoms with van der Waals surface area (Å²) in [6.45, 7) is 1.38. The number of rotatable bonds is 6. The molecule has 1 aliphatic heterocycles. The molecule has 2 aliphatic rings. The van der Waals surface area contributed by atoms with Crippen molar-refractivity contribution in [3.05, 3.63) is 58.9 Å². The largest absolute Gasteiger partial charge is 0.375 e. The van der Waals surface area contributed by atoms with Crippen LogP contribution in [0.1, 0.15) is 30.1 Å². The average molecular weight is 402 g/mol. The average Bonchev–Trinajstić information content (AvgIpc) is 3.41. The number of hydrogen-bond donors (Lipinski definition) is 0. The predicted molar refractivity (Wildman–Crippen MR) is 106 cm³/mol. The second-order valence-corrected chi connectivity index (χ2v) is 7.73. The molecule has 1 saturated carbocycles. The fourth-order valence-corrected chi connectivity index (χ4v) is 4.17. The van der Waals surface area contributed by atoms with E-state index in [2.05, 4.69) is 4.57 Å². The van der Waals surface area contributed by atoms with E-state index >= 15 is 0 Å². The van der Waals surface area contributed by atoms with Gasteiger partial charge in [-0.05, 0) is 36.6 Å². The first-order valence-electron chi connectivity index (χ1n) is 9.57. The highest BCUT2D eigenvalue weighted by molar-refractivity contribution is 6.31. The molecule has 0 saturated heterocycles. The molecule has 1 atom stereocenters. The Labute approximate surface area is 169 Å². The van der Waals surface area contributed by atoms with Gasteiger partial charge in [-0.1, -0.05) is 29.8 Å². The molecular weight excluding hydrogens is 378 g/mol. The number of carbonyl (C=O) groups is 2. The van der Waals surface area contributed by atoms with E-state index in [0.717, 1.165) is 30.6 Å². The molecule has 1 unspecified atom stereocenters. The van der Waals surface area contributed by atoms with Crippen molar-refractivity contribution in [1.29, 1.82) is 0 Å². The van der Waals surface area contributed by atoms with Gasteiger partial charge in [-0.3, -0.25) is 9.59 Å². The summed E-state index contributed by atoms with van der Waals surface area (Å²) < 4.78 is 7.15. The molecule has 1 aromatic heterocycles. The number of fused-ring (bicyclic) bond motifs is 1. The molecule has 0 radical (unpaired) electrons. The summed E-state index contributed by atoms with van der Waals surface area (Å²) >= 11 is 6.49. The molecule has 28 heavy (non-hydrogen) atoms. The van der Waals surface area contributed by atoms with Crippen LogP contribution in [0.2, 0.25) is 5.02 Å². The standard InChI is InChI=1S/C21H24ClN3O3/c1-28-14-20(27)25(15-8-9-15)13-19(26)24-12-11-23-10-4-7-18(23)21(24)16-5-2-3-6-17(16)22/h2-7,10,15,21H,8-9,11-14H2,1H3. The summed E-state index contributed by atoms with van der Waals surface area (Å²) in [5.74, 6) is -0.193. The van der Waals surface area contributed by atoms with Crippen LogP contribution in [-0.2, 0) is 20.9 Å². The van der Waals surface area contributed by atoms with Crippen molar-refractivity contribution < 1.29 is 14.3 Å². The second-order valence-electron chi connectivity index (χ2n) is 7.32. The number of hydrogen-bond acceptors (Lipinski definition) is 3. The Morgan fingerprint density at radius 3 is 2.68 bits per heavy atom. The lowest BCUT2D eigenvalue weighted by molar-refractivity contribution is -0.144. The first-order chi connectivity index (χ1) is 13.6. The van der Waals surface area contributed by atoms with Crippen LogP contribution in [0.5, 0.6) is 0 Å². The third-order valence-electron chi connectivity index (χ3n) is 5.44. The number of benzene rings is 1. The minimum atomic E-state index is -0.261. The number of carbonyl (C=O) groups excluding carboxylic acids is 2. The van der Waals surface area contributed by atoms with E-state index in [-0.39, 0.29) is 37.0 Å². The topological polar surface area (TPSA) is 54.8 Å². The van der Waals surface area contributed by atoms with Crippen LogP contribution in [0, 0.1) is 0 Å². The Morgan fingerprint density at radius 1 is 1.18 bits per heavy atom. The van der Waals surface area contributed by atoms with Crippen LogP contribution in [0.3, 0.4) is 0 Å². The fraction of sp³-hybridized carbons (Fsp3) is 0.429. The van der Waals surface area contributed by atoms with Crippen LogP contribution in [0.15, 0.2) is 42.6 Å². The molecule has 7 heteroatoms. The van der Waals surface area contributed by atoms with Crippen LogP contribution < -0.4 is 0 Å². The van der Waals surface area contributed by atoms with Crippen molar-refractivity contribution in [2.45, 2.75) is 31.5 Å². The molecule has 1 aliphatic carbocycles. The summed E-state index contributed by atoms with van der Waals surface area (Å²) in [5.41, 5.74) is 1.94. The van der Waals surface area contributed by atoms with Gasteiger partial charge >= 0.3 is 0 Å². The van der Waals surface area contributed by atoms with Gasteiger partial charge in [0.05, 0.1) is 6.04 Å². The van der Waals surface area contributed by atoms with Gasteiger partial charge in [0.25, 0.3) is 0 Å². The normalized spacial score (nSPS) is 18.6. The van der Waals surface area contributed by atoms with Gasteiger partial charge in [-0.25, -0.2) is 0 Å². The van der Waals surface area contributed by atoms with Crippen molar-refractivity contribution >= 4 is 23.4 Å². The Bertz CT molecular complexity index is 877. The Hall–Kier alpha value is -2.31. The van der Waals surface area contributed by atoms with Crippen LogP contribution in [0.25, 0.3) is 0 Å². The quantitative estimate of drug-likeness (QED) is 0.747. The molecule has 1 fully saturated rings. The molecule has 0 N–H and O–H groups in total. The lowest BCUT2D eigenvalue weighted by Gasteiger charge is -2.38. The maximum atomic E-state index is 13.3. The van der Waals surface area contributed by atoms with E-state index in [1.165, 1.54) is 7.11 Å². The van der Waals surface area contributed by atoms with Gasteiger partial charge in [0.2, 0.25) is 11.8 Å². The Balaban J connectivity index is 1.62.